The molecule has 0 aromatic carbocycles. The van der Waals surface area contributed by atoms with E-state index in [4.69, 9.17) is 10.2 Å². The lowest BCUT2D eigenvalue weighted by Gasteiger charge is -2.33. The van der Waals surface area contributed by atoms with Crippen LogP contribution in [0.3, 0.4) is 0 Å². The number of aliphatic hydroxyl groups is 2. The third-order valence-electron chi connectivity index (χ3n) is 2.18. The van der Waals surface area contributed by atoms with Crippen molar-refractivity contribution in [1.29, 1.82) is 0 Å². The van der Waals surface area contributed by atoms with Gasteiger partial charge in [0.15, 0.2) is 11.4 Å². The highest BCUT2D eigenvalue weighted by Crippen LogP contribution is 2.18. The number of carboxylic acids is 1. The first-order chi connectivity index (χ1) is 7.46. The summed E-state index contributed by atoms with van der Waals surface area (Å²) in [6, 6.07) is 0. The van der Waals surface area contributed by atoms with Gasteiger partial charge < -0.3 is 19.8 Å². The number of likely N-dealkylation sites (N-methyl/N-ethyl adjacent to an activating group) is 1. The zero-order valence-electron chi connectivity index (χ0n) is 10.8. The van der Waals surface area contributed by atoms with Crippen molar-refractivity contribution in [2.45, 2.75) is 31.5 Å². The van der Waals surface area contributed by atoms with E-state index in [0.717, 1.165) is 0 Å². The number of aliphatic carboxylic acids is 1. The number of aliphatic hydroxyl groups excluding tert-OH is 1. The first-order valence-electron chi connectivity index (χ1n) is 5.42. The number of quaternary nitrogens is 1. The fourth-order valence-electron chi connectivity index (χ4n) is 1.74. The molecule has 0 fully saturated rings. The van der Waals surface area contributed by atoms with Gasteiger partial charge in [-0.3, -0.25) is 9.59 Å². The third kappa shape index (κ3) is 6.35. The number of ketones is 1. The van der Waals surface area contributed by atoms with Crippen LogP contribution in [-0.4, -0.2) is 70.9 Å². The van der Waals surface area contributed by atoms with Crippen LogP contribution in [0.15, 0.2) is 0 Å². The zero-order chi connectivity index (χ0) is 13.9. The summed E-state index contributed by atoms with van der Waals surface area (Å²) in [5.41, 5.74) is -1.93. The summed E-state index contributed by atoms with van der Waals surface area (Å²) in [4.78, 5) is 22.5. The van der Waals surface area contributed by atoms with Crippen LogP contribution in [0, 0.1) is 0 Å². The molecule has 0 heterocycles. The molecule has 0 aromatic rings. The number of carbonyl (C=O) groups excluding carboxylic acids is 1. The maximum absolute atomic E-state index is 11.8. The largest absolute Gasteiger partial charge is 0.481 e. The van der Waals surface area contributed by atoms with Crippen LogP contribution in [0.25, 0.3) is 0 Å². The van der Waals surface area contributed by atoms with E-state index in [-0.39, 0.29) is 17.4 Å². The summed E-state index contributed by atoms with van der Waals surface area (Å²) >= 11 is 0. The Kier molecular flexibility index (Phi) is 5.25. The summed E-state index contributed by atoms with van der Waals surface area (Å²) in [5, 5.41) is 28.1. The molecule has 0 aliphatic heterocycles. The Bertz CT molecular complexity index is 295. The van der Waals surface area contributed by atoms with Crippen LogP contribution >= 0.6 is 0 Å². The highest BCUT2D eigenvalue weighted by atomic mass is 16.4. The van der Waals surface area contributed by atoms with Gasteiger partial charge in [0.2, 0.25) is 0 Å². The Morgan fingerprint density at radius 2 is 1.76 bits per heavy atom. The zero-order valence-corrected chi connectivity index (χ0v) is 10.8. The minimum absolute atomic E-state index is 0.00907. The Labute approximate surface area is 101 Å². The Balaban J connectivity index is 4.96. The average molecular weight is 248 g/mol. The van der Waals surface area contributed by atoms with E-state index < -0.39 is 29.9 Å². The summed E-state index contributed by atoms with van der Waals surface area (Å²) in [6.07, 6.45) is -1.78. The van der Waals surface area contributed by atoms with Crippen molar-refractivity contribution in [2.75, 3.05) is 27.7 Å². The first-order valence-corrected chi connectivity index (χ1v) is 5.42. The van der Waals surface area contributed by atoms with Gasteiger partial charge in [0, 0.05) is 6.42 Å². The van der Waals surface area contributed by atoms with Crippen LogP contribution in [0.1, 0.15) is 19.8 Å². The average Bonchev–Trinajstić information content (AvgIpc) is 1.96. The second kappa shape index (κ2) is 5.57. The summed E-state index contributed by atoms with van der Waals surface area (Å²) in [5.74, 6) is -1.87. The van der Waals surface area contributed by atoms with Gasteiger partial charge in [0.05, 0.1) is 33.7 Å². The lowest BCUT2D eigenvalue weighted by atomic mass is 9.90. The van der Waals surface area contributed by atoms with Gasteiger partial charge in [0.25, 0.3) is 0 Å². The van der Waals surface area contributed by atoms with E-state index in [1.165, 1.54) is 6.92 Å². The van der Waals surface area contributed by atoms with E-state index in [1.807, 2.05) is 0 Å². The minimum Gasteiger partial charge on any atom is -0.481 e. The van der Waals surface area contributed by atoms with Crippen molar-refractivity contribution in [3.63, 3.8) is 0 Å². The standard InChI is InChI=1S/C11H21NO5/c1-8(13)5-9(14)11(17,6-10(15)16)7-12(2,3)4/h8,13,17H,5-7H2,1-4H3/p+1/t8?,11-/m0/s1. The predicted octanol–water partition coefficient (Wildman–Crippen LogP) is -0.762. The van der Waals surface area contributed by atoms with E-state index >= 15 is 0 Å². The maximum atomic E-state index is 11.8. The fourth-order valence-corrected chi connectivity index (χ4v) is 1.74. The second-order valence-corrected chi connectivity index (χ2v) is 5.53. The SMILES string of the molecule is CC(O)CC(=O)[C@](O)(CC(=O)O)C[N+](C)(C)C. The predicted molar refractivity (Wildman–Crippen MR) is 61.4 cm³/mol. The van der Waals surface area contributed by atoms with Crippen LogP contribution in [0.5, 0.6) is 0 Å². The molecular formula is C11H22NO5+. The molecule has 3 N–H and O–H groups in total. The van der Waals surface area contributed by atoms with Gasteiger partial charge in [0.1, 0.15) is 6.54 Å². The molecule has 0 bridgehead atoms. The maximum Gasteiger partial charge on any atom is 0.306 e. The number of hydrogen-bond acceptors (Lipinski definition) is 4. The molecule has 0 aromatic heterocycles. The van der Waals surface area contributed by atoms with Crippen molar-refractivity contribution in [2.24, 2.45) is 0 Å². The normalized spacial score (nSPS) is 17.3. The van der Waals surface area contributed by atoms with Gasteiger partial charge in [-0.05, 0) is 6.92 Å². The summed E-state index contributed by atoms with van der Waals surface area (Å²) in [6.45, 7) is 1.41. The first kappa shape index (κ1) is 16.0. The number of rotatable bonds is 7. The lowest BCUT2D eigenvalue weighted by Crippen LogP contribution is -2.55. The van der Waals surface area contributed by atoms with Crippen molar-refractivity contribution in [1.82, 2.24) is 0 Å². The molecule has 0 amide bonds. The lowest BCUT2D eigenvalue weighted by molar-refractivity contribution is -0.875. The van der Waals surface area contributed by atoms with Gasteiger partial charge in [-0.2, -0.15) is 0 Å². The molecule has 0 aliphatic carbocycles. The molecule has 0 aliphatic rings. The molecular weight excluding hydrogens is 226 g/mol. The fraction of sp³-hybridized carbons (Fsp3) is 0.818. The van der Waals surface area contributed by atoms with Crippen LogP contribution in [0.2, 0.25) is 0 Å². The Morgan fingerprint density at radius 3 is 2.06 bits per heavy atom. The van der Waals surface area contributed by atoms with Gasteiger partial charge in [-0.25, -0.2) is 0 Å². The van der Waals surface area contributed by atoms with Crippen LogP contribution in [0.4, 0.5) is 0 Å². The molecule has 100 valence electrons. The third-order valence-corrected chi connectivity index (χ3v) is 2.18. The molecule has 0 radical (unpaired) electrons. The molecule has 6 nitrogen and oxygen atoms in total. The number of hydrogen-bond donors (Lipinski definition) is 3. The smallest absolute Gasteiger partial charge is 0.306 e. The monoisotopic (exact) mass is 248 g/mol. The van der Waals surface area contributed by atoms with Gasteiger partial charge in [-0.15, -0.1) is 0 Å². The Hall–Kier alpha value is -0.980. The van der Waals surface area contributed by atoms with Gasteiger partial charge in [-0.1, -0.05) is 0 Å². The van der Waals surface area contributed by atoms with Gasteiger partial charge >= 0.3 is 5.97 Å². The second-order valence-electron chi connectivity index (χ2n) is 5.53. The Morgan fingerprint density at radius 1 is 1.29 bits per heavy atom. The molecule has 6 heteroatoms. The summed E-state index contributed by atoms with van der Waals surface area (Å²) < 4.78 is 0.259. The molecule has 17 heavy (non-hydrogen) atoms. The van der Waals surface area contributed by atoms with Crippen molar-refractivity contribution in [3.05, 3.63) is 0 Å². The molecule has 0 saturated carbocycles. The van der Waals surface area contributed by atoms with Crippen molar-refractivity contribution in [3.8, 4) is 0 Å². The number of carboxylic acid groups (broad SMARTS) is 1. The quantitative estimate of drug-likeness (QED) is 0.515. The highest BCUT2D eigenvalue weighted by molar-refractivity contribution is 5.91. The number of nitrogens with zero attached hydrogens (tertiary/aromatic N) is 1. The summed E-state index contributed by atoms with van der Waals surface area (Å²) in [7, 11) is 5.26. The highest BCUT2D eigenvalue weighted by Gasteiger charge is 2.43. The van der Waals surface area contributed by atoms with Crippen LogP contribution in [-0.2, 0) is 9.59 Å². The van der Waals surface area contributed by atoms with E-state index in [1.54, 1.807) is 21.1 Å². The molecule has 0 spiro atoms. The number of carbonyl (C=O) groups is 2. The molecule has 0 saturated heterocycles. The number of Topliss-reactive ketones (excluding diaryl/α,β-unsaturated/α-hetero) is 1. The molecule has 2 atom stereocenters. The van der Waals surface area contributed by atoms with Crippen LogP contribution < -0.4 is 0 Å². The topological polar surface area (TPSA) is 94.8 Å². The minimum atomic E-state index is -1.93. The molecule has 0 rings (SSSR count). The molecule has 1 unspecified atom stereocenters. The van der Waals surface area contributed by atoms with E-state index in [9.17, 15) is 14.7 Å². The van der Waals surface area contributed by atoms with E-state index in [0.29, 0.717) is 0 Å². The van der Waals surface area contributed by atoms with Crippen molar-refractivity contribution < 1.29 is 29.4 Å². The van der Waals surface area contributed by atoms with E-state index in [2.05, 4.69) is 0 Å². The van der Waals surface area contributed by atoms with Crippen molar-refractivity contribution >= 4 is 11.8 Å².